The van der Waals surface area contributed by atoms with Crippen molar-refractivity contribution < 1.29 is 23.8 Å². The third-order valence-electron chi connectivity index (χ3n) is 2.68. The zero-order chi connectivity index (χ0) is 13.1. The quantitative estimate of drug-likeness (QED) is 0.883. The van der Waals surface area contributed by atoms with Gasteiger partial charge in [0.05, 0.1) is 18.8 Å². The number of fused-ring (bicyclic) bond motifs is 1. The summed E-state index contributed by atoms with van der Waals surface area (Å²) in [6, 6.07) is 5.10. The number of hydrogen-bond acceptors (Lipinski definition) is 4. The molecule has 0 aliphatic heterocycles. The van der Waals surface area contributed by atoms with Crippen LogP contribution >= 0.6 is 0 Å². The Morgan fingerprint density at radius 2 is 2.11 bits per heavy atom. The molecule has 2 aromatic rings. The first-order chi connectivity index (χ1) is 8.67. The molecule has 0 amide bonds. The molecular formula is C13H14O5. The van der Waals surface area contributed by atoms with E-state index in [4.69, 9.17) is 19.0 Å². The zero-order valence-electron chi connectivity index (χ0n) is 10.2. The Labute approximate surface area is 104 Å². The highest BCUT2D eigenvalue weighted by Crippen LogP contribution is 2.34. The maximum atomic E-state index is 11.0. The van der Waals surface area contributed by atoms with Crippen molar-refractivity contribution in [2.24, 2.45) is 0 Å². The number of carboxylic acid groups (broad SMARTS) is 1. The first-order valence-electron chi connectivity index (χ1n) is 5.61. The highest BCUT2D eigenvalue weighted by Gasteiger charge is 2.19. The molecule has 1 N–H and O–H groups in total. The van der Waals surface area contributed by atoms with Crippen LogP contribution in [0.3, 0.4) is 0 Å². The Kier molecular flexibility index (Phi) is 3.41. The normalized spacial score (nSPS) is 12.3. The molecule has 0 saturated carbocycles. The molecule has 0 saturated heterocycles. The van der Waals surface area contributed by atoms with Gasteiger partial charge in [-0.05, 0) is 24.6 Å². The summed E-state index contributed by atoms with van der Waals surface area (Å²) in [7, 11) is 1.55. The molecule has 0 bridgehead atoms. The summed E-state index contributed by atoms with van der Waals surface area (Å²) in [6.45, 7) is 1.76. The molecule has 0 radical (unpaired) electrons. The van der Waals surface area contributed by atoms with Gasteiger partial charge in [-0.3, -0.25) is 0 Å². The summed E-state index contributed by atoms with van der Waals surface area (Å²) in [6.07, 6.45) is 1.04. The fourth-order valence-corrected chi connectivity index (χ4v) is 1.74. The maximum Gasteiger partial charge on any atom is 0.344 e. The predicted octanol–water partition coefficient (Wildman–Crippen LogP) is 2.68. The van der Waals surface area contributed by atoms with Gasteiger partial charge in [-0.1, -0.05) is 6.92 Å². The second-order valence-corrected chi connectivity index (χ2v) is 3.78. The number of carbonyl (C=O) groups is 1. The van der Waals surface area contributed by atoms with Gasteiger partial charge in [-0.15, -0.1) is 0 Å². The van der Waals surface area contributed by atoms with E-state index in [1.807, 2.05) is 0 Å². The van der Waals surface area contributed by atoms with E-state index >= 15 is 0 Å². The standard InChI is InChI=1S/C13H14O5/c1-3-9(13(14)15)18-10-4-5-11(16-2)12-8(10)6-7-17-12/h4-7,9H,3H2,1-2H3,(H,14,15). The van der Waals surface area contributed by atoms with E-state index in [1.165, 1.54) is 6.26 Å². The summed E-state index contributed by atoms with van der Waals surface area (Å²) in [4.78, 5) is 11.0. The lowest BCUT2D eigenvalue weighted by atomic mass is 10.2. The summed E-state index contributed by atoms with van der Waals surface area (Å²) in [5.41, 5.74) is 0.551. The number of hydrogen-bond donors (Lipinski definition) is 1. The van der Waals surface area contributed by atoms with E-state index in [1.54, 1.807) is 32.2 Å². The largest absolute Gasteiger partial charge is 0.493 e. The number of carboxylic acids is 1. The maximum absolute atomic E-state index is 11.0. The Balaban J connectivity index is 2.40. The van der Waals surface area contributed by atoms with Gasteiger partial charge in [0.15, 0.2) is 17.4 Å². The SMILES string of the molecule is CCC(Oc1ccc(OC)c2occc12)C(=O)O. The van der Waals surface area contributed by atoms with Crippen molar-refractivity contribution in [2.45, 2.75) is 19.4 Å². The predicted molar refractivity (Wildman–Crippen MR) is 65.1 cm³/mol. The number of aliphatic carboxylic acids is 1. The summed E-state index contributed by atoms with van der Waals surface area (Å²) in [5, 5.41) is 9.69. The Morgan fingerprint density at radius 1 is 1.39 bits per heavy atom. The van der Waals surface area contributed by atoms with Crippen molar-refractivity contribution in [1.29, 1.82) is 0 Å². The van der Waals surface area contributed by atoms with E-state index < -0.39 is 12.1 Å². The van der Waals surface area contributed by atoms with Crippen molar-refractivity contribution in [3.05, 3.63) is 24.5 Å². The molecule has 18 heavy (non-hydrogen) atoms. The zero-order valence-corrected chi connectivity index (χ0v) is 10.2. The smallest absolute Gasteiger partial charge is 0.344 e. The van der Waals surface area contributed by atoms with Crippen LogP contribution in [0.25, 0.3) is 11.0 Å². The number of rotatable bonds is 5. The van der Waals surface area contributed by atoms with E-state index in [0.29, 0.717) is 28.9 Å². The van der Waals surface area contributed by atoms with Crippen molar-refractivity contribution in [3.8, 4) is 11.5 Å². The van der Waals surface area contributed by atoms with E-state index in [-0.39, 0.29) is 0 Å². The second kappa shape index (κ2) is 5.00. The number of ether oxygens (including phenoxy) is 2. The average Bonchev–Trinajstić information content (AvgIpc) is 2.84. The third kappa shape index (κ3) is 2.11. The van der Waals surface area contributed by atoms with Crippen LogP contribution in [-0.2, 0) is 4.79 Å². The first-order valence-corrected chi connectivity index (χ1v) is 5.61. The lowest BCUT2D eigenvalue weighted by Gasteiger charge is -2.14. The molecule has 1 aromatic heterocycles. The van der Waals surface area contributed by atoms with Gasteiger partial charge in [-0.25, -0.2) is 4.79 Å². The van der Waals surface area contributed by atoms with Crippen LogP contribution < -0.4 is 9.47 Å². The molecule has 0 spiro atoms. The van der Waals surface area contributed by atoms with Crippen molar-refractivity contribution in [1.82, 2.24) is 0 Å². The summed E-state index contributed by atoms with van der Waals surface area (Å²) < 4.78 is 15.9. The minimum Gasteiger partial charge on any atom is -0.493 e. The fourth-order valence-electron chi connectivity index (χ4n) is 1.74. The van der Waals surface area contributed by atoms with Gasteiger partial charge in [0.1, 0.15) is 5.75 Å². The molecular weight excluding hydrogens is 236 g/mol. The Bertz CT molecular complexity index is 558. The Morgan fingerprint density at radius 3 is 2.72 bits per heavy atom. The molecule has 1 aromatic carbocycles. The van der Waals surface area contributed by atoms with E-state index in [2.05, 4.69) is 0 Å². The van der Waals surface area contributed by atoms with Crippen molar-refractivity contribution in [3.63, 3.8) is 0 Å². The van der Waals surface area contributed by atoms with Gasteiger partial charge < -0.3 is 19.0 Å². The van der Waals surface area contributed by atoms with Crippen LogP contribution in [0.15, 0.2) is 28.9 Å². The minimum absolute atomic E-state index is 0.390. The highest BCUT2D eigenvalue weighted by molar-refractivity contribution is 5.89. The topological polar surface area (TPSA) is 68.9 Å². The average molecular weight is 250 g/mol. The van der Waals surface area contributed by atoms with Crippen LogP contribution in [0.1, 0.15) is 13.3 Å². The first kappa shape index (κ1) is 12.3. The lowest BCUT2D eigenvalue weighted by Crippen LogP contribution is -2.25. The number of methoxy groups -OCH3 is 1. The summed E-state index contributed by atoms with van der Waals surface area (Å²) >= 11 is 0. The monoisotopic (exact) mass is 250 g/mol. The molecule has 5 heteroatoms. The van der Waals surface area contributed by atoms with E-state index in [9.17, 15) is 4.79 Å². The molecule has 0 fully saturated rings. The van der Waals surface area contributed by atoms with E-state index in [0.717, 1.165) is 0 Å². The van der Waals surface area contributed by atoms with Crippen molar-refractivity contribution >= 4 is 16.9 Å². The molecule has 1 atom stereocenters. The summed E-state index contributed by atoms with van der Waals surface area (Å²) in [5.74, 6) is 0.0875. The van der Waals surface area contributed by atoms with Gasteiger partial charge in [0.25, 0.3) is 0 Å². The molecule has 1 unspecified atom stereocenters. The van der Waals surface area contributed by atoms with Crippen molar-refractivity contribution in [2.75, 3.05) is 7.11 Å². The Hall–Kier alpha value is -2.17. The van der Waals surface area contributed by atoms with Gasteiger partial charge >= 0.3 is 5.97 Å². The van der Waals surface area contributed by atoms with Gasteiger partial charge in [-0.2, -0.15) is 0 Å². The molecule has 5 nitrogen and oxygen atoms in total. The lowest BCUT2D eigenvalue weighted by molar-refractivity contribution is -0.145. The molecule has 1 heterocycles. The molecule has 96 valence electrons. The van der Waals surface area contributed by atoms with Crippen LogP contribution in [0, 0.1) is 0 Å². The molecule has 0 aliphatic carbocycles. The molecule has 0 aliphatic rings. The fraction of sp³-hybridized carbons (Fsp3) is 0.308. The number of furan rings is 1. The number of benzene rings is 1. The van der Waals surface area contributed by atoms with Crippen LogP contribution in [0.4, 0.5) is 0 Å². The third-order valence-corrected chi connectivity index (χ3v) is 2.68. The van der Waals surface area contributed by atoms with Crippen LogP contribution in [0.2, 0.25) is 0 Å². The molecule has 2 rings (SSSR count). The minimum atomic E-state index is -0.982. The van der Waals surface area contributed by atoms with Gasteiger partial charge in [0.2, 0.25) is 0 Å². The highest BCUT2D eigenvalue weighted by atomic mass is 16.5. The van der Waals surface area contributed by atoms with Crippen LogP contribution in [0.5, 0.6) is 11.5 Å². The van der Waals surface area contributed by atoms with Gasteiger partial charge in [0, 0.05) is 0 Å². The second-order valence-electron chi connectivity index (χ2n) is 3.78. The van der Waals surface area contributed by atoms with Crippen LogP contribution in [-0.4, -0.2) is 24.3 Å².